The number of para-hydroxylation sites is 2. The van der Waals surface area contributed by atoms with E-state index < -0.39 is 17.9 Å². The number of nitrogens with zero attached hydrogens (tertiary/aromatic N) is 1. The van der Waals surface area contributed by atoms with E-state index in [4.69, 9.17) is 9.47 Å². The highest BCUT2D eigenvalue weighted by Gasteiger charge is 2.34. The Morgan fingerprint density at radius 3 is 2.67 bits per heavy atom. The molecule has 0 aliphatic carbocycles. The Hall–Kier alpha value is -2.89. The minimum absolute atomic E-state index is 0.0248. The molecule has 124 valence electrons. The Labute approximate surface area is 138 Å². The number of methoxy groups -OCH3 is 1. The first-order chi connectivity index (χ1) is 11.6. The van der Waals surface area contributed by atoms with E-state index in [2.05, 4.69) is 0 Å². The molecule has 0 spiro atoms. The van der Waals surface area contributed by atoms with E-state index in [9.17, 15) is 14.0 Å². The predicted molar refractivity (Wildman–Crippen MR) is 85.3 cm³/mol. The number of anilines is 1. The summed E-state index contributed by atoms with van der Waals surface area (Å²) in [4.78, 5) is 25.9. The van der Waals surface area contributed by atoms with Crippen LogP contribution in [0.5, 0.6) is 5.75 Å². The predicted octanol–water partition coefficient (Wildman–Crippen LogP) is 2.34. The maximum atomic E-state index is 13.8. The summed E-state index contributed by atoms with van der Waals surface area (Å²) in [5.74, 6) is -0.893. The number of carbonyl (C=O) groups excluding carboxylic acids is 2. The lowest BCUT2D eigenvalue weighted by Crippen LogP contribution is -2.48. The van der Waals surface area contributed by atoms with Gasteiger partial charge in [-0.3, -0.25) is 4.79 Å². The Kier molecular flexibility index (Phi) is 4.46. The molecule has 1 atom stereocenters. The summed E-state index contributed by atoms with van der Waals surface area (Å²) in [5, 5.41) is 0. The molecule has 0 radical (unpaired) electrons. The van der Waals surface area contributed by atoms with Crippen molar-refractivity contribution >= 4 is 17.6 Å². The van der Waals surface area contributed by atoms with Gasteiger partial charge in [-0.15, -0.1) is 0 Å². The topological polar surface area (TPSA) is 55.8 Å². The van der Waals surface area contributed by atoms with E-state index in [1.807, 2.05) is 0 Å². The Bertz CT molecular complexity index is 777. The summed E-state index contributed by atoms with van der Waals surface area (Å²) in [7, 11) is 1.26. The number of hydrogen-bond donors (Lipinski definition) is 0. The van der Waals surface area contributed by atoms with E-state index in [0.29, 0.717) is 17.0 Å². The van der Waals surface area contributed by atoms with Gasteiger partial charge >= 0.3 is 5.97 Å². The lowest BCUT2D eigenvalue weighted by atomic mass is 10.1. The van der Waals surface area contributed by atoms with Crippen molar-refractivity contribution in [2.45, 2.75) is 12.5 Å². The lowest BCUT2D eigenvalue weighted by molar-refractivity contribution is -0.148. The van der Waals surface area contributed by atoms with Crippen LogP contribution in [0.1, 0.15) is 5.56 Å². The number of fused-ring (bicyclic) bond motifs is 1. The minimum atomic E-state index is -0.908. The van der Waals surface area contributed by atoms with E-state index in [0.717, 1.165) is 0 Å². The number of rotatable bonds is 3. The summed E-state index contributed by atoms with van der Waals surface area (Å²) >= 11 is 0. The third-order valence-corrected chi connectivity index (χ3v) is 3.84. The summed E-state index contributed by atoms with van der Waals surface area (Å²) in [6.07, 6.45) is -1.01. The van der Waals surface area contributed by atoms with Crippen LogP contribution >= 0.6 is 0 Å². The second-order valence-corrected chi connectivity index (χ2v) is 5.37. The normalized spacial score (nSPS) is 16.1. The summed E-state index contributed by atoms with van der Waals surface area (Å²) in [5.41, 5.74) is 0.861. The fourth-order valence-electron chi connectivity index (χ4n) is 2.62. The lowest BCUT2D eigenvalue weighted by Gasteiger charge is -2.33. The number of amides is 1. The zero-order chi connectivity index (χ0) is 17.1. The summed E-state index contributed by atoms with van der Waals surface area (Å²) in [6, 6.07) is 13.0. The van der Waals surface area contributed by atoms with Gasteiger partial charge < -0.3 is 14.4 Å². The van der Waals surface area contributed by atoms with Crippen molar-refractivity contribution in [3.05, 3.63) is 59.9 Å². The largest absolute Gasteiger partial charge is 0.475 e. The van der Waals surface area contributed by atoms with Crippen LogP contribution in [0, 0.1) is 5.82 Å². The van der Waals surface area contributed by atoms with Crippen molar-refractivity contribution in [2.24, 2.45) is 0 Å². The van der Waals surface area contributed by atoms with E-state index in [1.54, 1.807) is 42.5 Å². The molecule has 2 aromatic carbocycles. The fourth-order valence-corrected chi connectivity index (χ4v) is 2.62. The van der Waals surface area contributed by atoms with Gasteiger partial charge in [0.2, 0.25) is 12.0 Å². The van der Waals surface area contributed by atoms with Gasteiger partial charge in [0.1, 0.15) is 11.6 Å². The maximum Gasteiger partial charge on any atom is 0.348 e. The first kappa shape index (κ1) is 16.0. The molecule has 1 aliphatic rings. The standard InChI is InChI=1S/C18H16FNO4/c1-23-18(22)16-11-20(14-8-4-5-9-15(14)24-16)17(21)10-12-6-2-3-7-13(12)19/h2-9,16H,10-11H2,1H3/t16-/m1/s1. The third-order valence-electron chi connectivity index (χ3n) is 3.84. The molecule has 0 unspecified atom stereocenters. The van der Waals surface area contributed by atoms with Crippen LogP contribution in [0.25, 0.3) is 0 Å². The SMILES string of the molecule is COC(=O)[C@H]1CN(C(=O)Cc2ccccc2F)c2ccccc2O1. The Morgan fingerprint density at radius 1 is 1.21 bits per heavy atom. The molecule has 3 rings (SSSR count). The van der Waals surface area contributed by atoms with Crippen LogP contribution in [0.2, 0.25) is 0 Å². The Balaban J connectivity index is 1.89. The maximum absolute atomic E-state index is 13.8. The van der Waals surface area contributed by atoms with Crippen molar-refractivity contribution in [1.82, 2.24) is 0 Å². The molecule has 1 amide bonds. The van der Waals surface area contributed by atoms with Gasteiger partial charge in [0.05, 0.1) is 25.8 Å². The number of esters is 1. The van der Waals surface area contributed by atoms with Crippen molar-refractivity contribution in [3.63, 3.8) is 0 Å². The molecule has 1 aliphatic heterocycles. The van der Waals surface area contributed by atoms with Gasteiger partial charge in [0.15, 0.2) is 0 Å². The van der Waals surface area contributed by atoms with Crippen LogP contribution in [-0.2, 0) is 20.7 Å². The zero-order valence-corrected chi connectivity index (χ0v) is 13.1. The van der Waals surface area contributed by atoms with Gasteiger partial charge in [-0.2, -0.15) is 0 Å². The van der Waals surface area contributed by atoms with Crippen LogP contribution in [0.15, 0.2) is 48.5 Å². The average Bonchev–Trinajstić information content (AvgIpc) is 2.61. The number of hydrogen-bond acceptors (Lipinski definition) is 4. The quantitative estimate of drug-likeness (QED) is 0.811. The molecule has 0 saturated carbocycles. The molecular formula is C18H16FNO4. The van der Waals surface area contributed by atoms with Crippen molar-refractivity contribution in [3.8, 4) is 5.75 Å². The second-order valence-electron chi connectivity index (χ2n) is 5.37. The van der Waals surface area contributed by atoms with Gasteiger partial charge in [-0.25, -0.2) is 9.18 Å². The highest BCUT2D eigenvalue weighted by molar-refractivity contribution is 5.97. The fraction of sp³-hybridized carbons (Fsp3) is 0.222. The van der Waals surface area contributed by atoms with E-state index >= 15 is 0 Å². The van der Waals surface area contributed by atoms with Crippen LogP contribution < -0.4 is 9.64 Å². The molecule has 0 aromatic heterocycles. The molecule has 0 bridgehead atoms. The van der Waals surface area contributed by atoms with Crippen LogP contribution in [-0.4, -0.2) is 31.6 Å². The van der Waals surface area contributed by atoms with Gasteiger partial charge in [0, 0.05) is 0 Å². The number of ether oxygens (including phenoxy) is 2. The molecule has 6 heteroatoms. The molecule has 0 saturated heterocycles. The molecule has 1 heterocycles. The summed E-state index contributed by atoms with van der Waals surface area (Å²) < 4.78 is 24.1. The highest BCUT2D eigenvalue weighted by Crippen LogP contribution is 2.33. The Morgan fingerprint density at radius 2 is 1.92 bits per heavy atom. The van der Waals surface area contributed by atoms with E-state index in [-0.39, 0.29) is 18.9 Å². The van der Waals surface area contributed by atoms with Crippen LogP contribution in [0.4, 0.5) is 10.1 Å². The number of halogens is 1. The van der Waals surface area contributed by atoms with Gasteiger partial charge in [-0.05, 0) is 23.8 Å². The molecule has 0 fully saturated rings. The molecule has 0 N–H and O–H groups in total. The molecular weight excluding hydrogens is 313 g/mol. The van der Waals surface area contributed by atoms with Crippen molar-refractivity contribution in [2.75, 3.05) is 18.6 Å². The smallest absolute Gasteiger partial charge is 0.348 e. The van der Waals surface area contributed by atoms with Gasteiger partial charge in [0.25, 0.3) is 0 Å². The van der Waals surface area contributed by atoms with Crippen molar-refractivity contribution in [1.29, 1.82) is 0 Å². The van der Waals surface area contributed by atoms with Gasteiger partial charge in [-0.1, -0.05) is 30.3 Å². The third kappa shape index (κ3) is 3.08. The highest BCUT2D eigenvalue weighted by atomic mass is 19.1. The van der Waals surface area contributed by atoms with Crippen molar-refractivity contribution < 1.29 is 23.5 Å². The second kappa shape index (κ2) is 6.70. The number of benzene rings is 2. The molecule has 2 aromatic rings. The van der Waals surface area contributed by atoms with E-state index in [1.165, 1.54) is 18.1 Å². The summed E-state index contributed by atoms with van der Waals surface area (Å²) in [6.45, 7) is 0.0248. The van der Waals surface area contributed by atoms with Crippen LogP contribution in [0.3, 0.4) is 0 Å². The number of carbonyl (C=O) groups is 2. The first-order valence-corrected chi connectivity index (χ1v) is 7.47. The average molecular weight is 329 g/mol. The zero-order valence-electron chi connectivity index (χ0n) is 13.1. The molecule has 24 heavy (non-hydrogen) atoms. The minimum Gasteiger partial charge on any atom is -0.475 e. The first-order valence-electron chi connectivity index (χ1n) is 7.47. The molecule has 5 nitrogen and oxygen atoms in total. The monoisotopic (exact) mass is 329 g/mol.